The van der Waals surface area contributed by atoms with Crippen LogP contribution in [0.15, 0.2) is 150 Å². The van der Waals surface area contributed by atoms with Gasteiger partial charge in [0.2, 0.25) is 0 Å². The molecule has 3 heterocycles. The molecule has 6 aromatic carbocycles. The van der Waals surface area contributed by atoms with Crippen LogP contribution in [0.2, 0.25) is 0 Å². The van der Waals surface area contributed by atoms with Crippen LogP contribution in [-0.2, 0) is 0 Å². The van der Waals surface area contributed by atoms with Gasteiger partial charge in [-0.3, -0.25) is 0 Å². The summed E-state index contributed by atoms with van der Waals surface area (Å²) in [5, 5.41) is 3.49. The molecule has 0 aliphatic carbocycles. The molecule has 0 unspecified atom stereocenters. The molecule has 1 aliphatic rings. The summed E-state index contributed by atoms with van der Waals surface area (Å²) in [6.45, 7) is 0. The molecule has 1 aliphatic heterocycles. The third kappa shape index (κ3) is 3.14. The normalized spacial score (nSPS) is 12.3. The zero-order valence-electron chi connectivity index (χ0n) is 22.2. The van der Waals surface area contributed by atoms with Gasteiger partial charge in [0, 0.05) is 44.2 Å². The molecule has 0 bridgehead atoms. The maximum atomic E-state index is 6.19. The fourth-order valence-electron chi connectivity index (χ4n) is 6.62. The van der Waals surface area contributed by atoms with Crippen LogP contribution in [0.3, 0.4) is 0 Å². The first-order valence-electron chi connectivity index (χ1n) is 14.0. The predicted octanol–water partition coefficient (Wildman–Crippen LogP) is 10.6. The lowest BCUT2D eigenvalue weighted by Crippen LogP contribution is -2.11. The molecule has 0 saturated carbocycles. The van der Waals surface area contributed by atoms with Gasteiger partial charge in [0.05, 0.1) is 22.6 Å². The van der Waals surface area contributed by atoms with Gasteiger partial charge in [0.25, 0.3) is 0 Å². The summed E-state index contributed by atoms with van der Waals surface area (Å²) in [5.74, 6) is 0. The Balaban J connectivity index is 1.44. The predicted molar refractivity (Wildman–Crippen MR) is 170 cm³/mol. The summed E-state index contributed by atoms with van der Waals surface area (Å²) in [6.07, 6.45) is 0. The number of hydrogen-bond acceptors (Lipinski definition) is 2. The number of para-hydroxylation sites is 5. The summed E-state index contributed by atoms with van der Waals surface area (Å²) >= 11 is 0. The first-order valence-corrected chi connectivity index (χ1v) is 14.0. The van der Waals surface area contributed by atoms with Gasteiger partial charge in [-0.25, -0.2) is 0 Å². The fourth-order valence-corrected chi connectivity index (χ4v) is 6.62. The summed E-state index contributed by atoms with van der Waals surface area (Å²) in [7, 11) is 0. The zero-order valence-corrected chi connectivity index (χ0v) is 22.2. The average molecular weight is 525 g/mol. The van der Waals surface area contributed by atoms with Gasteiger partial charge in [-0.1, -0.05) is 91.0 Å². The summed E-state index contributed by atoms with van der Waals surface area (Å²) in [6, 6.07) is 51.9. The zero-order chi connectivity index (χ0) is 26.9. The van der Waals surface area contributed by atoms with E-state index < -0.39 is 0 Å². The van der Waals surface area contributed by atoms with E-state index in [0.717, 1.165) is 39.0 Å². The van der Waals surface area contributed by atoms with Crippen LogP contribution < -0.4 is 4.90 Å². The van der Waals surface area contributed by atoms with Crippen molar-refractivity contribution >= 4 is 49.9 Å². The highest BCUT2D eigenvalue weighted by Gasteiger charge is 2.31. The fraction of sp³-hybridized carbons (Fsp3) is 0. The van der Waals surface area contributed by atoms with E-state index in [4.69, 9.17) is 4.42 Å². The van der Waals surface area contributed by atoms with Gasteiger partial charge in [-0.2, -0.15) is 0 Å². The highest BCUT2D eigenvalue weighted by atomic mass is 16.3. The largest absolute Gasteiger partial charge is 0.456 e. The number of nitrogens with zero attached hydrogens (tertiary/aromatic N) is 2. The van der Waals surface area contributed by atoms with Crippen LogP contribution in [0.5, 0.6) is 0 Å². The van der Waals surface area contributed by atoms with E-state index in [-0.39, 0.29) is 0 Å². The topological polar surface area (TPSA) is 21.3 Å². The van der Waals surface area contributed by atoms with E-state index in [9.17, 15) is 0 Å². The van der Waals surface area contributed by atoms with Crippen molar-refractivity contribution in [3.63, 3.8) is 0 Å². The standard InChI is InChI=1S/C38H24N2O/c1-2-12-25(13-3-1)39-32-18-8-4-15-28(32)37-29-16-5-9-19-33(29)40(38(37)30-17-6-10-20-34(30)39)26-22-23-36-31(24-26)27-14-7-11-21-35(27)41-36/h1-24H. The third-order valence-electron chi connectivity index (χ3n) is 8.32. The molecule has 3 heteroatoms. The molecule has 8 aromatic rings. The summed E-state index contributed by atoms with van der Waals surface area (Å²) < 4.78 is 8.64. The minimum Gasteiger partial charge on any atom is -0.456 e. The lowest BCUT2D eigenvalue weighted by atomic mass is 9.98. The molecule has 0 fully saturated rings. The number of fused-ring (bicyclic) bond motifs is 10. The Morgan fingerprint density at radius 1 is 0.439 bits per heavy atom. The minimum absolute atomic E-state index is 0.901. The lowest BCUT2D eigenvalue weighted by molar-refractivity contribution is 0.669. The number of rotatable bonds is 2. The van der Waals surface area contributed by atoms with Gasteiger partial charge in [-0.15, -0.1) is 0 Å². The Labute approximate surface area is 237 Å². The van der Waals surface area contributed by atoms with Gasteiger partial charge in [-0.05, 0) is 54.6 Å². The minimum atomic E-state index is 0.901. The molecular weight excluding hydrogens is 500 g/mol. The number of benzene rings is 6. The second-order valence-electron chi connectivity index (χ2n) is 10.6. The third-order valence-corrected chi connectivity index (χ3v) is 8.32. The maximum Gasteiger partial charge on any atom is 0.135 e. The van der Waals surface area contributed by atoms with Crippen LogP contribution in [0.1, 0.15) is 0 Å². The smallest absolute Gasteiger partial charge is 0.135 e. The van der Waals surface area contributed by atoms with E-state index in [2.05, 4.69) is 143 Å². The molecule has 0 atom stereocenters. The van der Waals surface area contributed by atoms with Crippen molar-refractivity contribution < 1.29 is 4.42 Å². The van der Waals surface area contributed by atoms with Crippen molar-refractivity contribution in [2.24, 2.45) is 0 Å². The molecule has 41 heavy (non-hydrogen) atoms. The monoisotopic (exact) mass is 524 g/mol. The summed E-state index contributed by atoms with van der Waals surface area (Å²) in [5.41, 5.74) is 12.4. The molecule has 0 amide bonds. The van der Waals surface area contributed by atoms with Crippen molar-refractivity contribution in [1.29, 1.82) is 0 Å². The van der Waals surface area contributed by atoms with Crippen LogP contribution in [0.4, 0.5) is 17.1 Å². The Morgan fingerprint density at radius 2 is 1.07 bits per heavy atom. The second kappa shape index (κ2) is 8.48. The van der Waals surface area contributed by atoms with Crippen LogP contribution in [-0.4, -0.2) is 4.57 Å². The highest BCUT2D eigenvalue weighted by molar-refractivity contribution is 6.13. The van der Waals surface area contributed by atoms with Crippen molar-refractivity contribution in [2.75, 3.05) is 4.90 Å². The number of aromatic nitrogens is 1. The Kier molecular flexibility index (Phi) is 4.61. The van der Waals surface area contributed by atoms with Gasteiger partial charge < -0.3 is 13.9 Å². The van der Waals surface area contributed by atoms with Crippen molar-refractivity contribution in [2.45, 2.75) is 0 Å². The quantitative estimate of drug-likeness (QED) is 0.224. The van der Waals surface area contributed by atoms with Crippen molar-refractivity contribution in [1.82, 2.24) is 4.57 Å². The van der Waals surface area contributed by atoms with Gasteiger partial charge in [0.1, 0.15) is 11.2 Å². The molecule has 0 spiro atoms. The van der Waals surface area contributed by atoms with E-state index in [1.165, 1.54) is 39.0 Å². The summed E-state index contributed by atoms with van der Waals surface area (Å²) in [4.78, 5) is 2.40. The molecule has 192 valence electrons. The first kappa shape index (κ1) is 22.3. The van der Waals surface area contributed by atoms with Gasteiger partial charge in [0.15, 0.2) is 0 Å². The Morgan fingerprint density at radius 3 is 1.93 bits per heavy atom. The molecule has 0 N–H and O–H groups in total. The maximum absolute atomic E-state index is 6.19. The van der Waals surface area contributed by atoms with Gasteiger partial charge >= 0.3 is 0 Å². The molecule has 2 aromatic heterocycles. The second-order valence-corrected chi connectivity index (χ2v) is 10.6. The number of hydrogen-bond donors (Lipinski definition) is 0. The van der Waals surface area contributed by atoms with Crippen LogP contribution >= 0.6 is 0 Å². The average Bonchev–Trinajstić information content (AvgIpc) is 3.54. The van der Waals surface area contributed by atoms with E-state index >= 15 is 0 Å². The Hall–Kier alpha value is -5.54. The van der Waals surface area contributed by atoms with E-state index in [0.29, 0.717) is 0 Å². The SMILES string of the molecule is c1ccc(N2c3ccccc3-c3c(n(-c4ccc5oc6ccccc6c5c4)c4ccccc34)-c3ccccc32)cc1. The van der Waals surface area contributed by atoms with Crippen molar-refractivity contribution in [3.05, 3.63) is 146 Å². The number of furan rings is 1. The van der Waals surface area contributed by atoms with Crippen molar-refractivity contribution in [3.8, 4) is 28.1 Å². The lowest BCUT2D eigenvalue weighted by Gasteiger charge is -2.27. The Bertz CT molecular complexity index is 2270. The van der Waals surface area contributed by atoms with E-state index in [1.807, 2.05) is 12.1 Å². The molecule has 9 rings (SSSR count). The molecular formula is C38H24N2O. The van der Waals surface area contributed by atoms with Crippen LogP contribution in [0.25, 0.3) is 60.9 Å². The molecule has 3 nitrogen and oxygen atoms in total. The first-order chi connectivity index (χ1) is 20.4. The van der Waals surface area contributed by atoms with Crippen LogP contribution in [0, 0.1) is 0 Å². The number of anilines is 3. The molecule has 0 radical (unpaired) electrons. The molecule has 0 saturated heterocycles. The van der Waals surface area contributed by atoms with E-state index in [1.54, 1.807) is 0 Å². The highest BCUT2D eigenvalue weighted by Crippen LogP contribution is 2.54.